The molecule has 1 saturated heterocycles. The summed E-state index contributed by atoms with van der Waals surface area (Å²) in [5, 5.41) is -0.317. The molecule has 1 aliphatic rings. The first-order valence-corrected chi connectivity index (χ1v) is 6.15. The summed E-state index contributed by atoms with van der Waals surface area (Å²) in [5.41, 5.74) is 0. The molecule has 3 unspecified atom stereocenters. The maximum atomic E-state index is 11.4. The van der Waals surface area contributed by atoms with Crippen LogP contribution in [0.1, 0.15) is 33.6 Å². The van der Waals surface area contributed by atoms with E-state index in [0.717, 1.165) is 12.8 Å². The minimum absolute atomic E-state index is 0.0841. The molecule has 1 N–H and O–H groups in total. The van der Waals surface area contributed by atoms with Gasteiger partial charge in [0.1, 0.15) is 6.10 Å². The van der Waals surface area contributed by atoms with Gasteiger partial charge in [-0.15, -0.1) is 0 Å². The second-order valence-electron chi connectivity index (χ2n) is 4.75. The summed E-state index contributed by atoms with van der Waals surface area (Å²) in [5.74, 6) is -0.192. The minimum atomic E-state index is -0.317. The van der Waals surface area contributed by atoms with Crippen LogP contribution in [-0.4, -0.2) is 36.5 Å². The number of hydrogen-bond acceptors (Lipinski definition) is 3. The number of ether oxygens (including phenoxy) is 1. The molecule has 0 aromatic carbocycles. The molecule has 0 aromatic heterocycles. The molecule has 15 heavy (non-hydrogen) atoms. The largest absolute Gasteiger partial charge is 0.461 e. The Morgan fingerprint density at radius 2 is 1.87 bits per heavy atom. The molecular formula is C11H22NO2S+. The molecule has 4 heteroatoms. The molecule has 0 aliphatic carbocycles. The molecule has 3 nitrogen and oxygen atoms in total. The summed E-state index contributed by atoms with van der Waals surface area (Å²) in [4.78, 5) is 12.9. The number of carbonyl (C=O) groups excluding carboxylic acids is 1. The van der Waals surface area contributed by atoms with Gasteiger partial charge in [-0.05, 0) is 20.8 Å². The van der Waals surface area contributed by atoms with Crippen LogP contribution in [0.2, 0.25) is 0 Å². The van der Waals surface area contributed by atoms with Crippen molar-refractivity contribution in [3.63, 3.8) is 0 Å². The average molecular weight is 232 g/mol. The van der Waals surface area contributed by atoms with Gasteiger partial charge in [-0.25, -0.2) is 0 Å². The van der Waals surface area contributed by atoms with E-state index in [1.807, 2.05) is 0 Å². The Labute approximate surface area is 97.6 Å². The highest BCUT2D eigenvalue weighted by Crippen LogP contribution is 2.14. The van der Waals surface area contributed by atoms with Crippen molar-refractivity contribution in [1.29, 1.82) is 0 Å². The zero-order valence-corrected chi connectivity index (χ0v) is 10.9. The lowest BCUT2D eigenvalue weighted by Crippen LogP contribution is -3.17. The number of likely N-dealkylation sites (tertiary alicyclic amines) is 1. The van der Waals surface area contributed by atoms with Gasteiger partial charge in [-0.2, -0.15) is 12.6 Å². The van der Waals surface area contributed by atoms with E-state index in [1.54, 1.807) is 6.92 Å². The topological polar surface area (TPSA) is 30.7 Å². The third-order valence-electron chi connectivity index (χ3n) is 3.41. The monoisotopic (exact) mass is 232 g/mol. The van der Waals surface area contributed by atoms with Crippen LogP contribution in [0.15, 0.2) is 0 Å². The number of thiol groups is 1. The van der Waals surface area contributed by atoms with Crippen LogP contribution in [0.5, 0.6) is 0 Å². The molecule has 0 bridgehead atoms. The first kappa shape index (κ1) is 12.8. The van der Waals surface area contributed by atoms with Crippen molar-refractivity contribution in [3.05, 3.63) is 0 Å². The van der Waals surface area contributed by atoms with E-state index in [9.17, 15) is 4.79 Å². The summed E-state index contributed by atoms with van der Waals surface area (Å²) in [6.45, 7) is 6.16. The third kappa shape index (κ3) is 3.38. The predicted molar refractivity (Wildman–Crippen MR) is 63.4 cm³/mol. The Morgan fingerprint density at radius 3 is 2.27 bits per heavy atom. The lowest BCUT2D eigenvalue weighted by Gasteiger charge is -2.37. The van der Waals surface area contributed by atoms with E-state index in [-0.39, 0.29) is 17.3 Å². The molecule has 88 valence electrons. The van der Waals surface area contributed by atoms with E-state index in [4.69, 9.17) is 4.74 Å². The zero-order valence-electron chi connectivity index (χ0n) is 9.99. The number of hydrogen-bond donors (Lipinski definition) is 2. The molecule has 0 saturated carbocycles. The SMILES string of the molecule is CC(S)C(=O)OC1CC(C)[NH+](C)C(C)C1. The van der Waals surface area contributed by atoms with Gasteiger partial charge in [0.25, 0.3) is 0 Å². The number of piperidine rings is 1. The maximum absolute atomic E-state index is 11.4. The van der Waals surface area contributed by atoms with Gasteiger partial charge in [-0.3, -0.25) is 4.79 Å². The predicted octanol–water partition coefficient (Wildman–Crippen LogP) is 0.302. The highest BCUT2D eigenvalue weighted by atomic mass is 32.1. The van der Waals surface area contributed by atoms with Gasteiger partial charge >= 0.3 is 5.97 Å². The van der Waals surface area contributed by atoms with E-state index >= 15 is 0 Å². The lowest BCUT2D eigenvalue weighted by atomic mass is 9.95. The van der Waals surface area contributed by atoms with Crippen LogP contribution >= 0.6 is 12.6 Å². The number of carbonyl (C=O) groups is 1. The summed E-state index contributed by atoms with van der Waals surface area (Å²) >= 11 is 4.08. The normalized spacial score (nSPS) is 38.5. The highest BCUT2D eigenvalue weighted by Gasteiger charge is 2.33. The van der Waals surface area contributed by atoms with E-state index < -0.39 is 0 Å². The van der Waals surface area contributed by atoms with E-state index in [2.05, 4.69) is 33.5 Å². The average Bonchev–Trinajstić information content (AvgIpc) is 2.13. The second kappa shape index (κ2) is 5.21. The highest BCUT2D eigenvalue weighted by molar-refractivity contribution is 7.81. The van der Waals surface area contributed by atoms with Crippen molar-refractivity contribution >= 4 is 18.6 Å². The minimum Gasteiger partial charge on any atom is -0.461 e. The second-order valence-corrected chi connectivity index (χ2v) is 5.53. The third-order valence-corrected chi connectivity index (χ3v) is 3.62. The number of nitrogens with one attached hydrogen (secondary N) is 1. The van der Waals surface area contributed by atoms with Crippen molar-refractivity contribution in [1.82, 2.24) is 0 Å². The van der Waals surface area contributed by atoms with Crippen LogP contribution in [0.25, 0.3) is 0 Å². The van der Waals surface area contributed by atoms with Crippen molar-refractivity contribution in [2.24, 2.45) is 0 Å². The fourth-order valence-electron chi connectivity index (χ4n) is 2.10. The molecule has 1 rings (SSSR count). The molecule has 1 aliphatic heterocycles. The first-order valence-electron chi connectivity index (χ1n) is 5.63. The van der Waals surface area contributed by atoms with E-state index in [0.29, 0.717) is 12.1 Å². The molecule has 3 atom stereocenters. The van der Waals surface area contributed by atoms with Gasteiger partial charge < -0.3 is 9.64 Å². The Bertz CT molecular complexity index is 221. The fraction of sp³-hybridized carbons (Fsp3) is 0.909. The summed E-state index contributed by atoms with van der Waals surface area (Å²) in [6, 6.07) is 1.11. The van der Waals surface area contributed by atoms with Gasteiger partial charge in [-0.1, -0.05) is 0 Å². The summed E-state index contributed by atoms with van der Waals surface area (Å²) < 4.78 is 5.41. The molecule has 0 amide bonds. The van der Waals surface area contributed by atoms with Crippen LogP contribution < -0.4 is 4.90 Å². The molecule has 0 radical (unpaired) electrons. The van der Waals surface area contributed by atoms with Crippen molar-refractivity contribution in [2.75, 3.05) is 7.05 Å². The van der Waals surface area contributed by atoms with Crippen LogP contribution in [-0.2, 0) is 9.53 Å². The molecular weight excluding hydrogens is 210 g/mol. The van der Waals surface area contributed by atoms with E-state index in [1.165, 1.54) is 4.90 Å². The van der Waals surface area contributed by atoms with Gasteiger partial charge in [0, 0.05) is 12.8 Å². The molecule has 0 aromatic rings. The molecule has 0 spiro atoms. The first-order chi connectivity index (χ1) is 6.91. The van der Waals surface area contributed by atoms with Gasteiger partial charge in [0.05, 0.1) is 24.4 Å². The van der Waals surface area contributed by atoms with Crippen molar-refractivity contribution in [2.45, 2.75) is 57.1 Å². The quantitative estimate of drug-likeness (QED) is 0.530. The number of quaternary nitrogens is 1. The number of rotatable bonds is 2. The van der Waals surface area contributed by atoms with Gasteiger partial charge in [0.2, 0.25) is 0 Å². The Balaban J connectivity index is 2.48. The Hall–Kier alpha value is -0.220. The van der Waals surface area contributed by atoms with Crippen molar-refractivity contribution in [3.8, 4) is 0 Å². The smallest absolute Gasteiger partial charge is 0.318 e. The Morgan fingerprint density at radius 1 is 1.40 bits per heavy atom. The fourth-order valence-corrected chi connectivity index (χ4v) is 2.16. The standard InChI is InChI=1S/C11H21NO2S/c1-7-5-10(6-8(2)12(7)4)14-11(13)9(3)15/h7-10,15H,5-6H2,1-4H3/p+1. The van der Waals surface area contributed by atoms with Crippen LogP contribution in [0.3, 0.4) is 0 Å². The van der Waals surface area contributed by atoms with Crippen LogP contribution in [0, 0.1) is 0 Å². The lowest BCUT2D eigenvalue weighted by molar-refractivity contribution is -0.933. The van der Waals surface area contributed by atoms with Crippen LogP contribution in [0.4, 0.5) is 0 Å². The molecule has 1 fully saturated rings. The Kier molecular flexibility index (Phi) is 4.46. The maximum Gasteiger partial charge on any atom is 0.318 e. The summed E-state index contributed by atoms with van der Waals surface area (Å²) in [6.07, 6.45) is 2.01. The molecule has 1 heterocycles. The van der Waals surface area contributed by atoms with Gasteiger partial charge in [0.15, 0.2) is 0 Å². The van der Waals surface area contributed by atoms with Crippen molar-refractivity contribution < 1.29 is 14.4 Å². The summed E-state index contributed by atoms with van der Waals surface area (Å²) in [7, 11) is 2.20. The zero-order chi connectivity index (χ0) is 11.6. The number of esters is 1.